The number of hydrogen-bond donors (Lipinski definition) is 1. The van der Waals surface area contributed by atoms with Gasteiger partial charge in [0.2, 0.25) is 0 Å². The van der Waals surface area contributed by atoms with Crippen molar-refractivity contribution in [1.82, 2.24) is 4.98 Å². The van der Waals surface area contributed by atoms with E-state index in [0.29, 0.717) is 0 Å². The molecule has 1 aromatic heterocycles. The Bertz CT molecular complexity index is 532. The van der Waals surface area contributed by atoms with Crippen molar-refractivity contribution in [2.45, 2.75) is 6.54 Å². The van der Waals surface area contributed by atoms with Crippen LogP contribution in [0.25, 0.3) is 0 Å². The van der Waals surface area contributed by atoms with E-state index in [-0.39, 0.29) is 23.7 Å². The number of pyridine rings is 1. The fourth-order valence-corrected chi connectivity index (χ4v) is 1.38. The van der Waals surface area contributed by atoms with Gasteiger partial charge in [0.05, 0.1) is 0 Å². The number of rotatable bonds is 3. The van der Waals surface area contributed by atoms with Gasteiger partial charge >= 0.3 is 0 Å². The van der Waals surface area contributed by atoms with Crippen molar-refractivity contribution in [2.24, 2.45) is 5.73 Å². The van der Waals surface area contributed by atoms with Gasteiger partial charge in [-0.1, -0.05) is 6.07 Å². The minimum absolute atomic E-state index is 0.0313. The SMILES string of the molecule is NCc1c(F)cccc1Oc1ncccc1F. The van der Waals surface area contributed by atoms with E-state index in [2.05, 4.69) is 4.98 Å². The highest BCUT2D eigenvalue weighted by molar-refractivity contribution is 5.37. The molecule has 0 aliphatic heterocycles. The lowest BCUT2D eigenvalue weighted by molar-refractivity contribution is 0.414. The number of nitrogens with zero attached hydrogens (tertiary/aromatic N) is 1. The predicted octanol–water partition coefficient (Wildman–Crippen LogP) is 2.61. The molecule has 3 nitrogen and oxygen atoms in total. The maximum Gasteiger partial charge on any atom is 0.255 e. The first-order valence-corrected chi connectivity index (χ1v) is 4.98. The minimum atomic E-state index is -0.611. The van der Waals surface area contributed by atoms with E-state index in [1.165, 1.54) is 36.5 Å². The molecule has 0 atom stereocenters. The molecule has 17 heavy (non-hydrogen) atoms. The van der Waals surface area contributed by atoms with Crippen LogP contribution >= 0.6 is 0 Å². The number of halogens is 2. The summed E-state index contributed by atoms with van der Waals surface area (Å²) in [6.07, 6.45) is 1.39. The standard InChI is InChI=1S/C12H10F2N2O/c13-9-3-1-5-11(8(9)7-15)17-12-10(14)4-2-6-16-12/h1-6H,7,15H2. The number of benzene rings is 1. The number of ether oxygens (including phenoxy) is 1. The van der Waals surface area contributed by atoms with E-state index in [4.69, 9.17) is 10.5 Å². The van der Waals surface area contributed by atoms with Crippen LogP contribution in [0, 0.1) is 11.6 Å². The van der Waals surface area contributed by atoms with E-state index in [0.717, 1.165) is 0 Å². The molecule has 1 aromatic carbocycles. The van der Waals surface area contributed by atoms with Gasteiger partial charge in [-0.25, -0.2) is 13.8 Å². The summed E-state index contributed by atoms with van der Waals surface area (Å²) in [4.78, 5) is 3.72. The molecular weight excluding hydrogens is 226 g/mol. The van der Waals surface area contributed by atoms with Crippen LogP contribution in [0.1, 0.15) is 5.56 Å². The summed E-state index contributed by atoms with van der Waals surface area (Å²) in [5, 5.41) is 0. The first-order chi connectivity index (χ1) is 8.22. The summed E-state index contributed by atoms with van der Waals surface area (Å²) in [6, 6.07) is 6.90. The normalized spacial score (nSPS) is 10.3. The highest BCUT2D eigenvalue weighted by atomic mass is 19.1. The quantitative estimate of drug-likeness (QED) is 0.891. The topological polar surface area (TPSA) is 48.1 Å². The Morgan fingerprint density at radius 1 is 1.12 bits per heavy atom. The third kappa shape index (κ3) is 2.39. The minimum Gasteiger partial charge on any atom is -0.436 e. The lowest BCUT2D eigenvalue weighted by Gasteiger charge is -2.09. The summed E-state index contributed by atoms with van der Waals surface area (Å²) >= 11 is 0. The monoisotopic (exact) mass is 236 g/mol. The second-order valence-corrected chi connectivity index (χ2v) is 3.31. The van der Waals surface area contributed by atoms with E-state index in [1.807, 2.05) is 0 Å². The Morgan fingerprint density at radius 3 is 2.59 bits per heavy atom. The van der Waals surface area contributed by atoms with Gasteiger partial charge in [-0.2, -0.15) is 0 Å². The Hall–Kier alpha value is -2.01. The van der Waals surface area contributed by atoms with Gasteiger partial charge in [0.15, 0.2) is 5.82 Å². The molecule has 0 bridgehead atoms. The van der Waals surface area contributed by atoms with Crippen LogP contribution in [0.4, 0.5) is 8.78 Å². The van der Waals surface area contributed by atoms with Crippen molar-refractivity contribution >= 4 is 0 Å². The lowest BCUT2D eigenvalue weighted by Crippen LogP contribution is -2.03. The van der Waals surface area contributed by atoms with Crippen molar-refractivity contribution in [3.8, 4) is 11.6 Å². The molecule has 0 unspecified atom stereocenters. The molecular formula is C12H10F2N2O. The first-order valence-electron chi connectivity index (χ1n) is 4.98. The molecule has 5 heteroatoms. The molecule has 0 saturated heterocycles. The Labute approximate surface area is 96.9 Å². The van der Waals surface area contributed by atoms with Crippen LogP contribution in [-0.2, 0) is 6.54 Å². The Kier molecular flexibility index (Phi) is 3.30. The molecule has 0 spiro atoms. The smallest absolute Gasteiger partial charge is 0.255 e. The summed E-state index contributed by atoms with van der Waals surface area (Å²) in [6.45, 7) is -0.0313. The zero-order valence-electron chi connectivity index (χ0n) is 8.86. The summed E-state index contributed by atoms with van der Waals surface area (Å²) in [5.41, 5.74) is 5.60. The Balaban J connectivity index is 2.37. The highest BCUT2D eigenvalue weighted by Crippen LogP contribution is 2.26. The molecule has 0 amide bonds. The van der Waals surface area contributed by atoms with E-state index >= 15 is 0 Å². The summed E-state index contributed by atoms with van der Waals surface area (Å²) in [7, 11) is 0. The fraction of sp³-hybridized carbons (Fsp3) is 0.0833. The maximum absolute atomic E-state index is 13.4. The molecule has 0 saturated carbocycles. The fourth-order valence-electron chi connectivity index (χ4n) is 1.38. The van der Waals surface area contributed by atoms with Gasteiger partial charge < -0.3 is 10.5 Å². The molecule has 2 aromatic rings. The van der Waals surface area contributed by atoms with Crippen molar-refractivity contribution in [3.05, 3.63) is 53.7 Å². The molecule has 88 valence electrons. The van der Waals surface area contributed by atoms with Crippen LogP contribution in [0.2, 0.25) is 0 Å². The van der Waals surface area contributed by atoms with Crippen LogP contribution in [0.15, 0.2) is 36.5 Å². The molecule has 1 heterocycles. The maximum atomic E-state index is 13.4. The van der Waals surface area contributed by atoms with Gasteiger partial charge in [0.1, 0.15) is 11.6 Å². The number of aromatic nitrogens is 1. The number of nitrogens with two attached hydrogens (primary N) is 1. The molecule has 2 N–H and O–H groups in total. The van der Waals surface area contributed by atoms with Gasteiger partial charge in [0.25, 0.3) is 5.88 Å². The molecule has 0 aliphatic carbocycles. The van der Waals surface area contributed by atoms with E-state index in [9.17, 15) is 8.78 Å². The predicted molar refractivity (Wildman–Crippen MR) is 58.6 cm³/mol. The zero-order valence-corrected chi connectivity index (χ0v) is 8.86. The average Bonchev–Trinajstić information content (AvgIpc) is 2.32. The van der Waals surface area contributed by atoms with Gasteiger partial charge in [-0.05, 0) is 24.3 Å². The molecule has 0 radical (unpaired) electrons. The van der Waals surface area contributed by atoms with Crippen molar-refractivity contribution in [2.75, 3.05) is 0 Å². The van der Waals surface area contributed by atoms with Crippen LogP contribution in [0.5, 0.6) is 11.6 Å². The van der Waals surface area contributed by atoms with Gasteiger partial charge in [-0.15, -0.1) is 0 Å². The first kappa shape index (κ1) is 11.5. The zero-order chi connectivity index (χ0) is 12.3. The van der Waals surface area contributed by atoms with Crippen molar-refractivity contribution < 1.29 is 13.5 Å². The van der Waals surface area contributed by atoms with E-state index < -0.39 is 11.6 Å². The molecule has 0 fully saturated rings. The third-order valence-corrected chi connectivity index (χ3v) is 2.21. The van der Waals surface area contributed by atoms with E-state index in [1.54, 1.807) is 0 Å². The van der Waals surface area contributed by atoms with Crippen molar-refractivity contribution in [3.63, 3.8) is 0 Å². The second-order valence-electron chi connectivity index (χ2n) is 3.31. The van der Waals surface area contributed by atoms with Crippen LogP contribution in [0.3, 0.4) is 0 Å². The largest absolute Gasteiger partial charge is 0.436 e. The van der Waals surface area contributed by atoms with Gasteiger partial charge in [0, 0.05) is 18.3 Å². The number of hydrogen-bond acceptors (Lipinski definition) is 3. The average molecular weight is 236 g/mol. The molecule has 0 aliphatic rings. The van der Waals surface area contributed by atoms with Crippen LogP contribution < -0.4 is 10.5 Å². The third-order valence-electron chi connectivity index (χ3n) is 2.21. The highest BCUT2D eigenvalue weighted by Gasteiger charge is 2.11. The van der Waals surface area contributed by atoms with Crippen LogP contribution in [-0.4, -0.2) is 4.98 Å². The van der Waals surface area contributed by atoms with Crippen molar-refractivity contribution in [1.29, 1.82) is 0 Å². The lowest BCUT2D eigenvalue weighted by atomic mass is 10.2. The second kappa shape index (κ2) is 4.88. The summed E-state index contributed by atoms with van der Waals surface area (Å²) in [5.74, 6) is -1.13. The molecule has 2 rings (SSSR count). The van der Waals surface area contributed by atoms with Gasteiger partial charge in [-0.3, -0.25) is 0 Å². The Morgan fingerprint density at radius 2 is 1.88 bits per heavy atom. The summed E-state index contributed by atoms with van der Waals surface area (Å²) < 4.78 is 31.9.